The number of benzene rings is 2. The molecule has 0 unspecified atom stereocenters. The summed E-state index contributed by atoms with van der Waals surface area (Å²) in [6, 6.07) is 16.2. The Kier molecular flexibility index (Phi) is 2.99. The highest BCUT2D eigenvalue weighted by atomic mass is 32.1. The monoisotopic (exact) mass is 255 g/mol. The van der Waals surface area contributed by atoms with Gasteiger partial charge in [0.2, 0.25) is 0 Å². The zero-order chi connectivity index (χ0) is 12.4. The van der Waals surface area contributed by atoms with E-state index in [0.717, 1.165) is 16.3 Å². The van der Waals surface area contributed by atoms with Gasteiger partial charge < -0.3 is 4.74 Å². The van der Waals surface area contributed by atoms with Gasteiger partial charge in [-0.3, -0.25) is 0 Å². The lowest BCUT2D eigenvalue weighted by atomic mass is 10.2. The smallest absolute Gasteiger partial charge is 0.121 e. The van der Waals surface area contributed by atoms with Crippen molar-refractivity contribution in [3.8, 4) is 5.75 Å². The van der Waals surface area contributed by atoms with Gasteiger partial charge in [0.05, 0.1) is 15.2 Å². The van der Waals surface area contributed by atoms with Gasteiger partial charge in [0.1, 0.15) is 12.4 Å². The Morgan fingerprint density at radius 1 is 1.11 bits per heavy atom. The van der Waals surface area contributed by atoms with Crippen LogP contribution in [0.15, 0.2) is 48.5 Å². The molecule has 1 aromatic heterocycles. The number of aromatic nitrogens is 1. The number of rotatable bonds is 3. The van der Waals surface area contributed by atoms with E-state index in [4.69, 9.17) is 4.74 Å². The van der Waals surface area contributed by atoms with Gasteiger partial charge in [-0.15, -0.1) is 11.3 Å². The summed E-state index contributed by atoms with van der Waals surface area (Å²) in [5.74, 6) is 0.898. The normalized spacial score (nSPS) is 10.7. The molecule has 0 saturated heterocycles. The Morgan fingerprint density at radius 2 is 1.94 bits per heavy atom. The number of thiazole rings is 1. The molecule has 3 rings (SSSR count). The topological polar surface area (TPSA) is 22.1 Å². The molecule has 1 heterocycles. The molecule has 0 spiro atoms. The van der Waals surface area contributed by atoms with Gasteiger partial charge in [-0.1, -0.05) is 30.3 Å². The van der Waals surface area contributed by atoms with Crippen LogP contribution in [0.1, 0.15) is 10.6 Å². The first kappa shape index (κ1) is 11.2. The molecule has 0 aliphatic heterocycles. The maximum Gasteiger partial charge on any atom is 0.121 e. The van der Waals surface area contributed by atoms with Crippen LogP contribution in [0.2, 0.25) is 0 Å². The van der Waals surface area contributed by atoms with E-state index in [1.807, 2.05) is 37.3 Å². The quantitative estimate of drug-likeness (QED) is 0.700. The molecule has 3 aromatic rings. The molecule has 3 heteroatoms. The lowest BCUT2D eigenvalue weighted by Gasteiger charge is -2.05. The van der Waals surface area contributed by atoms with Crippen molar-refractivity contribution in [1.29, 1.82) is 0 Å². The van der Waals surface area contributed by atoms with Crippen LogP contribution in [-0.2, 0) is 6.61 Å². The van der Waals surface area contributed by atoms with E-state index in [1.54, 1.807) is 11.3 Å². The third-order valence-electron chi connectivity index (χ3n) is 2.72. The van der Waals surface area contributed by atoms with Gasteiger partial charge in [-0.05, 0) is 30.7 Å². The molecule has 0 saturated carbocycles. The molecular weight excluding hydrogens is 242 g/mol. The van der Waals surface area contributed by atoms with Crippen LogP contribution in [0.25, 0.3) is 10.2 Å². The molecule has 0 fully saturated rings. The van der Waals surface area contributed by atoms with E-state index < -0.39 is 0 Å². The Balaban J connectivity index is 1.78. The van der Waals surface area contributed by atoms with Crippen LogP contribution in [0.3, 0.4) is 0 Å². The number of hydrogen-bond acceptors (Lipinski definition) is 3. The Hall–Kier alpha value is -1.87. The van der Waals surface area contributed by atoms with Crippen LogP contribution in [0, 0.1) is 6.92 Å². The number of fused-ring (bicyclic) bond motifs is 1. The van der Waals surface area contributed by atoms with Gasteiger partial charge in [0, 0.05) is 0 Å². The third-order valence-corrected chi connectivity index (χ3v) is 3.65. The second-order valence-corrected chi connectivity index (χ2v) is 5.37. The molecule has 2 nitrogen and oxygen atoms in total. The molecule has 0 atom stereocenters. The molecule has 18 heavy (non-hydrogen) atoms. The lowest BCUT2D eigenvalue weighted by Crippen LogP contribution is -1.94. The van der Waals surface area contributed by atoms with Crippen molar-refractivity contribution in [3.63, 3.8) is 0 Å². The van der Waals surface area contributed by atoms with E-state index in [1.165, 1.54) is 10.3 Å². The maximum atomic E-state index is 5.79. The minimum absolute atomic E-state index is 0.601. The Morgan fingerprint density at radius 3 is 2.78 bits per heavy atom. The lowest BCUT2D eigenvalue weighted by molar-refractivity contribution is 0.306. The van der Waals surface area contributed by atoms with Crippen LogP contribution < -0.4 is 4.74 Å². The maximum absolute atomic E-state index is 5.79. The fourth-order valence-corrected chi connectivity index (χ4v) is 2.71. The summed E-state index contributed by atoms with van der Waals surface area (Å²) in [5.41, 5.74) is 2.22. The predicted octanol–water partition coefficient (Wildman–Crippen LogP) is 4.18. The van der Waals surface area contributed by atoms with Crippen LogP contribution in [-0.4, -0.2) is 4.98 Å². The minimum atomic E-state index is 0.601. The van der Waals surface area contributed by atoms with Crippen molar-refractivity contribution in [2.24, 2.45) is 0 Å². The van der Waals surface area contributed by atoms with Crippen molar-refractivity contribution in [2.45, 2.75) is 13.5 Å². The molecule has 2 aromatic carbocycles. The van der Waals surface area contributed by atoms with E-state index >= 15 is 0 Å². The first-order valence-electron chi connectivity index (χ1n) is 5.85. The first-order chi connectivity index (χ1) is 8.81. The summed E-state index contributed by atoms with van der Waals surface area (Å²) in [6.07, 6.45) is 0. The van der Waals surface area contributed by atoms with E-state index in [0.29, 0.717) is 6.61 Å². The zero-order valence-electron chi connectivity index (χ0n) is 10.1. The van der Waals surface area contributed by atoms with Gasteiger partial charge in [0.15, 0.2) is 0 Å². The molecule has 0 aliphatic rings. The SMILES string of the molecule is Cc1nc2ccc(OCc3ccccc3)cc2s1. The third kappa shape index (κ3) is 2.36. The molecule has 0 radical (unpaired) electrons. The highest BCUT2D eigenvalue weighted by molar-refractivity contribution is 7.18. The molecule has 90 valence electrons. The summed E-state index contributed by atoms with van der Waals surface area (Å²) < 4.78 is 6.97. The average molecular weight is 255 g/mol. The van der Waals surface area contributed by atoms with Crippen molar-refractivity contribution in [1.82, 2.24) is 4.98 Å². The van der Waals surface area contributed by atoms with Crippen LogP contribution in [0.5, 0.6) is 5.75 Å². The van der Waals surface area contributed by atoms with Gasteiger partial charge in [-0.25, -0.2) is 4.98 Å². The molecule has 0 aliphatic carbocycles. The standard InChI is InChI=1S/C15H13NOS/c1-11-16-14-8-7-13(9-15(14)18-11)17-10-12-5-3-2-4-6-12/h2-9H,10H2,1H3. The second-order valence-electron chi connectivity index (χ2n) is 4.14. The number of ether oxygens (including phenoxy) is 1. The van der Waals surface area contributed by atoms with Crippen molar-refractivity contribution >= 4 is 21.6 Å². The van der Waals surface area contributed by atoms with Crippen molar-refractivity contribution in [3.05, 3.63) is 59.1 Å². The van der Waals surface area contributed by atoms with Gasteiger partial charge >= 0.3 is 0 Å². The summed E-state index contributed by atoms with van der Waals surface area (Å²) in [7, 11) is 0. The largest absolute Gasteiger partial charge is 0.489 e. The number of aryl methyl sites for hydroxylation is 1. The average Bonchev–Trinajstić information content (AvgIpc) is 2.77. The highest BCUT2D eigenvalue weighted by Gasteiger charge is 2.02. The van der Waals surface area contributed by atoms with Crippen molar-refractivity contribution < 1.29 is 4.74 Å². The molecule has 0 amide bonds. The Labute approximate surface area is 110 Å². The molecule has 0 bridgehead atoms. The van der Waals surface area contributed by atoms with Gasteiger partial charge in [-0.2, -0.15) is 0 Å². The molecule has 0 N–H and O–H groups in total. The molecular formula is C15H13NOS. The summed E-state index contributed by atoms with van der Waals surface area (Å²) in [5, 5.41) is 1.09. The minimum Gasteiger partial charge on any atom is -0.489 e. The summed E-state index contributed by atoms with van der Waals surface area (Å²) in [6.45, 7) is 2.62. The van der Waals surface area contributed by atoms with Crippen molar-refractivity contribution in [2.75, 3.05) is 0 Å². The van der Waals surface area contributed by atoms with E-state index in [-0.39, 0.29) is 0 Å². The Bertz CT molecular complexity index is 661. The number of nitrogens with zero attached hydrogens (tertiary/aromatic N) is 1. The van der Waals surface area contributed by atoms with E-state index in [9.17, 15) is 0 Å². The predicted molar refractivity (Wildman–Crippen MR) is 75.1 cm³/mol. The summed E-state index contributed by atoms with van der Waals surface area (Å²) in [4.78, 5) is 4.44. The first-order valence-corrected chi connectivity index (χ1v) is 6.67. The fourth-order valence-electron chi connectivity index (χ4n) is 1.85. The van der Waals surface area contributed by atoms with Crippen LogP contribution >= 0.6 is 11.3 Å². The number of hydrogen-bond donors (Lipinski definition) is 0. The van der Waals surface area contributed by atoms with Crippen LogP contribution in [0.4, 0.5) is 0 Å². The van der Waals surface area contributed by atoms with E-state index in [2.05, 4.69) is 23.2 Å². The zero-order valence-corrected chi connectivity index (χ0v) is 10.9. The fraction of sp³-hybridized carbons (Fsp3) is 0.133. The summed E-state index contributed by atoms with van der Waals surface area (Å²) >= 11 is 1.70. The highest BCUT2D eigenvalue weighted by Crippen LogP contribution is 2.26. The van der Waals surface area contributed by atoms with Gasteiger partial charge in [0.25, 0.3) is 0 Å². The second kappa shape index (κ2) is 4.78.